The molecule has 0 aromatic carbocycles. The fraction of sp³-hybridized carbons (Fsp3) is 0.632. The SMILES string of the molecule is CC(=O)C=CCCC(C(=O)NC(C)C(=O)NC(C)C(=O)NC(C)C=O)N(C)C. The minimum Gasteiger partial charge on any atom is -0.345 e. The van der Waals surface area contributed by atoms with Crippen LogP contribution in [0, 0.1) is 0 Å². The number of ketones is 1. The zero-order valence-electron chi connectivity index (χ0n) is 17.4. The zero-order valence-corrected chi connectivity index (χ0v) is 17.4. The Morgan fingerprint density at radius 3 is 1.86 bits per heavy atom. The van der Waals surface area contributed by atoms with Gasteiger partial charge in [0.2, 0.25) is 17.7 Å². The summed E-state index contributed by atoms with van der Waals surface area (Å²) in [6.45, 7) is 5.99. The molecule has 9 heteroatoms. The summed E-state index contributed by atoms with van der Waals surface area (Å²) in [5, 5.41) is 7.58. The Balaban J connectivity index is 4.69. The van der Waals surface area contributed by atoms with Crippen LogP contribution in [0.25, 0.3) is 0 Å². The molecule has 0 fully saturated rings. The van der Waals surface area contributed by atoms with Crippen LogP contribution in [-0.4, -0.2) is 73.0 Å². The minimum absolute atomic E-state index is 0.0585. The first-order valence-electron chi connectivity index (χ1n) is 9.19. The summed E-state index contributed by atoms with van der Waals surface area (Å²) in [5.74, 6) is -1.38. The molecule has 0 radical (unpaired) electrons. The van der Waals surface area contributed by atoms with Gasteiger partial charge in [0.15, 0.2) is 5.78 Å². The first-order chi connectivity index (χ1) is 13.0. The summed E-state index contributed by atoms with van der Waals surface area (Å²) in [4.78, 5) is 59.8. The smallest absolute Gasteiger partial charge is 0.242 e. The lowest BCUT2D eigenvalue weighted by Gasteiger charge is -2.25. The lowest BCUT2D eigenvalue weighted by Crippen LogP contribution is -2.55. The molecule has 0 saturated carbocycles. The predicted octanol–water partition coefficient (Wildman–Crippen LogP) is -0.445. The van der Waals surface area contributed by atoms with Crippen LogP contribution < -0.4 is 16.0 Å². The number of hydrogen-bond donors (Lipinski definition) is 3. The van der Waals surface area contributed by atoms with E-state index >= 15 is 0 Å². The van der Waals surface area contributed by atoms with Gasteiger partial charge in [0.1, 0.15) is 18.4 Å². The van der Waals surface area contributed by atoms with Crippen molar-refractivity contribution in [3.8, 4) is 0 Å². The molecule has 0 rings (SSSR count). The Morgan fingerprint density at radius 1 is 0.893 bits per heavy atom. The molecule has 4 atom stereocenters. The summed E-state index contributed by atoms with van der Waals surface area (Å²) in [6, 6.07) is -2.82. The molecule has 0 aromatic rings. The molecule has 0 aromatic heterocycles. The average molecular weight is 396 g/mol. The number of likely N-dealkylation sites (N-methyl/N-ethyl adjacent to an activating group) is 1. The number of carbonyl (C=O) groups excluding carboxylic acids is 5. The summed E-state index contributed by atoms with van der Waals surface area (Å²) >= 11 is 0. The normalized spacial score (nSPS) is 15.4. The van der Waals surface area contributed by atoms with Crippen LogP contribution >= 0.6 is 0 Å². The van der Waals surface area contributed by atoms with Gasteiger partial charge in [-0.05, 0) is 60.7 Å². The van der Waals surface area contributed by atoms with E-state index in [0.717, 1.165) is 0 Å². The highest BCUT2D eigenvalue weighted by Gasteiger charge is 2.25. The largest absolute Gasteiger partial charge is 0.345 e. The number of nitrogens with one attached hydrogen (secondary N) is 3. The zero-order chi connectivity index (χ0) is 21.9. The lowest BCUT2D eigenvalue weighted by molar-refractivity contribution is -0.133. The topological polar surface area (TPSA) is 125 Å². The van der Waals surface area contributed by atoms with Crippen molar-refractivity contribution in [2.24, 2.45) is 0 Å². The van der Waals surface area contributed by atoms with Gasteiger partial charge in [0, 0.05) is 0 Å². The van der Waals surface area contributed by atoms with Crippen LogP contribution in [0.2, 0.25) is 0 Å². The van der Waals surface area contributed by atoms with Crippen LogP contribution in [0.15, 0.2) is 12.2 Å². The summed E-state index contributed by atoms with van der Waals surface area (Å²) in [6.07, 6.45) is 4.78. The number of rotatable bonds is 12. The van der Waals surface area contributed by atoms with Crippen LogP contribution in [0.4, 0.5) is 0 Å². The number of amides is 3. The van der Waals surface area contributed by atoms with Crippen molar-refractivity contribution >= 4 is 29.8 Å². The lowest BCUT2D eigenvalue weighted by atomic mass is 10.1. The highest BCUT2D eigenvalue weighted by Crippen LogP contribution is 2.05. The van der Waals surface area contributed by atoms with E-state index in [4.69, 9.17) is 0 Å². The van der Waals surface area contributed by atoms with Crippen LogP contribution in [-0.2, 0) is 24.0 Å². The molecule has 0 aliphatic rings. The van der Waals surface area contributed by atoms with Crippen molar-refractivity contribution in [3.05, 3.63) is 12.2 Å². The van der Waals surface area contributed by atoms with Crippen molar-refractivity contribution in [1.29, 1.82) is 0 Å². The third-order valence-corrected chi connectivity index (χ3v) is 3.96. The van der Waals surface area contributed by atoms with E-state index in [-0.39, 0.29) is 11.7 Å². The fourth-order valence-electron chi connectivity index (χ4n) is 2.29. The van der Waals surface area contributed by atoms with Crippen molar-refractivity contribution in [2.45, 2.75) is 64.7 Å². The number of carbonyl (C=O) groups is 5. The summed E-state index contributed by atoms with van der Waals surface area (Å²) in [7, 11) is 3.51. The van der Waals surface area contributed by atoms with Crippen LogP contribution in [0.5, 0.6) is 0 Å². The molecule has 0 heterocycles. The first kappa shape index (κ1) is 25.4. The van der Waals surface area contributed by atoms with Crippen molar-refractivity contribution in [3.63, 3.8) is 0 Å². The molecule has 158 valence electrons. The van der Waals surface area contributed by atoms with Gasteiger partial charge in [0.25, 0.3) is 0 Å². The molecule has 28 heavy (non-hydrogen) atoms. The molecule has 0 aliphatic carbocycles. The maximum Gasteiger partial charge on any atom is 0.242 e. The van der Waals surface area contributed by atoms with Crippen LogP contribution in [0.1, 0.15) is 40.5 Å². The molecule has 3 amide bonds. The van der Waals surface area contributed by atoms with E-state index in [1.807, 2.05) is 0 Å². The molecule has 0 saturated heterocycles. The number of nitrogens with zero attached hydrogens (tertiary/aromatic N) is 1. The molecule has 9 nitrogen and oxygen atoms in total. The fourth-order valence-corrected chi connectivity index (χ4v) is 2.29. The highest BCUT2D eigenvalue weighted by molar-refractivity contribution is 5.93. The number of allylic oxidation sites excluding steroid dienone is 2. The van der Waals surface area contributed by atoms with Crippen molar-refractivity contribution < 1.29 is 24.0 Å². The highest BCUT2D eigenvalue weighted by atomic mass is 16.2. The van der Waals surface area contributed by atoms with Crippen molar-refractivity contribution in [2.75, 3.05) is 14.1 Å². The van der Waals surface area contributed by atoms with Gasteiger partial charge in [-0.15, -0.1) is 0 Å². The molecule has 0 aliphatic heterocycles. The maximum atomic E-state index is 12.5. The summed E-state index contributed by atoms with van der Waals surface area (Å²) in [5.41, 5.74) is 0. The van der Waals surface area contributed by atoms with Gasteiger partial charge < -0.3 is 20.7 Å². The molecule has 3 N–H and O–H groups in total. The Bertz CT molecular complexity index is 603. The van der Waals surface area contributed by atoms with Gasteiger partial charge >= 0.3 is 0 Å². The van der Waals surface area contributed by atoms with E-state index in [1.165, 1.54) is 33.8 Å². The van der Waals surface area contributed by atoms with Gasteiger partial charge in [-0.25, -0.2) is 0 Å². The monoisotopic (exact) mass is 396 g/mol. The van der Waals surface area contributed by atoms with Crippen LogP contribution in [0.3, 0.4) is 0 Å². The Kier molecular flexibility index (Phi) is 11.6. The molecular formula is C19H32N4O5. The van der Waals surface area contributed by atoms with Crippen molar-refractivity contribution in [1.82, 2.24) is 20.9 Å². The average Bonchev–Trinajstić information content (AvgIpc) is 2.60. The van der Waals surface area contributed by atoms with Gasteiger partial charge in [-0.1, -0.05) is 6.08 Å². The third-order valence-electron chi connectivity index (χ3n) is 3.96. The molecular weight excluding hydrogens is 364 g/mol. The quantitative estimate of drug-likeness (QED) is 0.303. The Hall–Kier alpha value is -2.55. The predicted molar refractivity (Wildman–Crippen MR) is 105 cm³/mol. The van der Waals surface area contributed by atoms with Gasteiger partial charge in [0.05, 0.1) is 12.1 Å². The standard InChI is InChI=1S/C19H32N4O5/c1-12(11-24)20-17(26)14(3)21-18(27)15(4)22-19(28)16(23(5)6)10-8-7-9-13(2)25/h7,9,11-12,14-16H,8,10H2,1-6H3,(H,20,26)(H,21,27)(H,22,28). The van der Waals surface area contributed by atoms with E-state index in [9.17, 15) is 24.0 Å². The van der Waals surface area contributed by atoms with E-state index in [0.29, 0.717) is 19.1 Å². The van der Waals surface area contributed by atoms with Gasteiger partial charge in [-0.3, -0.25) is 24.1 Å². The third kappa shape index (κ3) is 9.96. The maximum absolute atomic E-state index is 12.5. The molecule has 0 spiro atoms. The second-order valence-corrected chi connectivity index (χ2v) is 6.96. The first-order valence-corrected chi connectivity index (χ1v) is 9.19. The minimum atomic E-state index is -0.851. The second kappa shape index (κ2) is 12.8. The van der Waals surface area contributed by atoms with E-state index in [2.05, 4.69) is 16.0 Å². The molecule has 4 unspecified atom stereocenters. The number of aldehydes is 1. The summed E-state index contributed by atoms with van der Waals surface area (Å²) < 4.78 is 0. The second-order valence-electron chi connectivity index (χ2n) is 6.96. The van der Waals surface area contributed by atoms with E-state index < -0.39 is 36.0 Å². The van der Waals surface area contributed by atoms with E-state index in [1.54, 1.807) is 25.1 Å². The molecule has 0 bridgehead atoms. The Labute approximate surface area is 166 Å². The van der Waals surface area contributed by atoms with Gasteiger partial charge in [-0.2, -0.15) is 0 Å². The number of hydrogen-bond acceptors (Lipinski definition) is 6. The Morgan fingerprint density at radius 2 is 1.39 bits per heavy atom.